The van der Waals surface area contributed by atoms with Crippen LogP contribution in [-0.2, 0) is 6.54 Å². The number of anilines is 1. The molecule has 3 unspecified atom stereocenters. The topological polar surface area (TPSA) is 69.6 Å². The molecule has 0 radical (unpaired) electrons. The molecule has 1 heterocycles. The molecule has 2 aliphatic carbocycles. The summed E-state index contributed by atoms with van der Waals surface area (Å²) in [7, 11) is 0. The minimum absolute atomic E-state index is 0.452. The standard InChI is InChI=1S/C9H15N5/c10-9-11-12-13-14(9)5-8-4-6-1-2-7(8)3-6/h6-8H,1-5H2,(H2,10,11,13). The zero-order valence-electron chi connectivity index (χ0n) is 8.13. The molecular weight excluding hydrogens is 178 g/mol. The van der Waals surface area contributed by atoms with Crippen LogP contribution in [0.15, 0.2) is 0 Å². The van der Waals surface area contributed by atoms with Crippen LogP contribution in [0.2, 0.25) is 0 Å². The van der Waals surface area contributed by atoms with Crippen molar-refractivity contribution in [3.63, 3.8) is 0 Å². The first kappa shape index (κ1) is 8.20. The minimum Gasteiger partial charge on any atom is -0.367 e. The zero-order valence-corrected chi connectivity index (χ0v) is 8.13. The van der Waals surface area contributed by atoms with E-state index < -0.39 is 0 Å². The van der Waals surface area contributed by atoms with Crippen LogP contribution in [0.25, 0.3) is 0 Å². The summed E-state index contributed by atoms with van der Waals surface area (Å²) in [4.78, 5) is 0. The smallest absolute Gasteiger partial charge is 0.240 e. The Kier molecular flexibility index (Phi) is 1.72. The van der Waals surface area contributed by atoms with Crippen LogP contribution in [0.5, 0.6) is 0 Å². The predicted molar refractivity (Wildman–Crippen MR) is 51.2 cm³/mol. The summed E-state index contributed by atoms with van der Waals surface area (Å²) < 4.78 is 1.74. The van der Waals surface area contributed by atoms with Gasteiger partial charge in [-0.25, -0.2) is 4.68 Å². The highest BCUT2D eigenvalue weighted by molar-refractivity contribution is 5.10. The van der Waals surface area contributed by atoms with Gasteiger partial charge in [0, 0.05) is 6.54 Å². The second-order valence-electron chi connectivity index (χ2n) is 4.65. The Morgan fingerprint density at radius 1 is 1.36 bits per heavy atom. The molecular formula is C9H15N5. The summed E-state index contributed by atoms with van der Waals surface area (Å²) >= 11 is 0. The number of nitrogens with two attached hydrogens (primary N) is 1. The SMILES string of the molecule is Nc1nnnn1CC1CC2CCC1C2. The minimum atomic E-state index is 0.452. The van der Waals surface area contributed by atoms with Gasteiger partial charge in [-0.1, -0.05) is 11.5 Å². The van der Waals surface area contributed by atoms with Crippen LogP contribution in [0.4, 0.5) is 5.95 Å². The molecule has 2 saturated carbocycles. The van der Waals surface area contributed by atoms with Gasteiger partial charge in [-0.2, -0.15) is 0 Å². The Labute approximate surface area is 82.7 Å². The molecule has 3 rings (SSSR count). The van der Waals surface area contributed by atoms with E-state index >= 15 is 0 Å². The van der Waals surface area contributed by atoms with Crippen molar-refractivity contribution in [1.82, 2.24) is 20.2 Å². The number of fused-ring (bicyclic) bond motifs is 2. The average molecular weight is 193 g/mol. The molecule has 2 N–H and O–H groups in total. The summed E-state index contributed by atoms with van der Waals surface area (Å²) in [5.41, 5.74) is 5.64. The number of rotatable bonds is 2. The fourth-order valence-corrected chi connectivity index (χ4v) is 3.16. The van der Waals surface area contributed by atoms with Crippen molar-refractivity contribution in [2.24, 2.45) is 17.8 Å². The zero-order chi connectivity index (χ0) is 9.54. The quantitative estimate of drug-likeness (QED) is 0.750. The number of hydrogen-bond acceptors (Lipinski definition) is 4. The number of nitrogens with zero attached hydrogens (tertiary/aromatic N) is 4. The Bertz CT molecular complexity index is 334. The second kappa shape index (κ2) is 2.93. The van der Waals surface area contributed by atoms with Gasteiger partial charge in [0.1, 0.15) is 0 Å². The first-order valence-electron chi connectivity index (χ1n) is 5.34. The number of hydrogen-bond donors (Lipinski definition) is 1. The number of nitrogen functional groups attached to an aromatic ring is 1. The molecule has 2 bridgehead atoms. The highest BCUT2D eigenvalue weighted by Gasteiger charge is 2.39. The molecule has 0 saturated heterocycles. The predicted octanol–water partition coefficient (Wildman–Crippen LogP) is 0.691. The van der Waals surface area contributed by atoms with Gasteiger partial charge in [-0.3, -0.25) is 0 Å². The first-order valence-corrected chi connectivity index (χ1v) is 5.34. The van der Waals surface area contributed by atoms with Gasteiger partial charge in [-0.15, -0.1) is 0 Å². The summed E-state index contributed by atoms with van der Waals surface area (Å²) in [6, 6.07) is 0. The van der Waals surface area contributed by atoms with Crippen LogP contribution in [-0.4, -0.2) is 20.2 Å². The molecule has 0 aliphatic heterocycles. The summed E-state index contributed by atoms with van der Waals surface area (Å²) in [6.45, 7) is 0.917. The van der Waals surface area contributed by atoms with Crippen LogP contribution in [0.3, 0.4) is 0 Å². The summed E-state index contributed by atoms with van der Waals surface area (Å²) in [6.07, 6.45) is 5.61. The van der Waals surface area contributed by atoms with E-state index in [4.69, 9.17) is 5.73 Å². The van der Waals surface area contributed by atoms with Gasteiger partial charge in [-0.05, 0) is 47.4 Å². The van der Waals surface area contributed by atoms with Gasteiger partial charge in [0.15, 0.2) is 0 Å². The normalized spacial score (nSPS) is 35.3. The van der Waals surface area contributed by atoms with E-state index in [1.807, 2.05) is 0 Å². The molecule has 0 spiro atoms. The molecule has 0 amide bonds. The maximum absolute atomic E-state index is 5.64. The third kappa shape index (κ3) is 1.19. The highest BCUT2D eigenvalue weighted by atomic mass is 15.6. The van der Waals surface area contributed by atoms with Gasteiger partial charge in [0.2, 0.25) is 5.95 Å². The molecule has 1 aromatic rings. The van der Waals surface area contributed by atoms with E-state index in [1.54, 1.807) is 4.68 Å². The van der Waals surface area contributed by atoms with Crippen molar-refractivity contribution in [3.05, 3.63) is 0 Å². The molecule has 5 heteroatoms. The Hall–Kier alpha value is -1.13. The van der Waals surface area contributed by atoms with E-state index in [9.17, 15) is 0 Å². The fraction of sp³-hybridized carbons (Fsp3) is 0.889. The van der Waals surface area contributed by atoms with Crippen molar-refractivity contribution in [2.75, 3.05) is 5.73 Å². The van der Waals surface area contributed by atoms with Crippen LogP contribution < -0.4 is 5.73 Å². The Morgan fingerprint density at radius 2 is 2.29 bits per heavy atom. The molecule has 0 aromatic carbocycles. The lowest BCUT2D eigenvalue weighted by Gasteiger charge is -2.20. The van der Waals surface area contributed by atoms with E-state index in [1.165, 1.54) is 25.7 Å². The van der Waals surface area contributed by atoms with E-state index in [0.29, 0.717) is 5.95 Å². The van der Waals surface area contributed by atoms with Gasteiger partial charge >= 0.3 is 0 Å². The lowest BCUT2D eigenvalue weighted by molar-refractivity contribution is 0.285. The van der Waals surface area contributed by atoms with Crippen molar-refractivity contribution < 1.29 is 0 Å². The summed E-state index contributed by atoms with van der Waals surface area (Å²) in [5.74, 6) is 3.10. The number of tetrazole rings is 1. The average Bonchev–Trinajstić information content (AvgIpc) is 2.83. The van der Waals surface area contributed by atoms with Crippen molar-refractivity contribution >= 4 is 5.95 Å². The molecule has 5 nitrogen and oxygen atoms in total. The largest absolute Gasteiger partial charge is 0.367 e. The molecule has 2 aliphatic rings. The molecule has 14 heavy (non-hydrogen) atoms. The Morgan fingerprint density at radius 3 is 2.86 bits per heavy atom. The maximum atomic E-state index is 5.64. The lowest BCUT2D eigenvalue weighted by Crippen LogP contribution is -2.19. The molecule has 2 fully saturated rings. The lowest BCUT2D eigenvalue weighted by atomic mass is 9.89. The fourth-order valence-electron chi connectivity index (χ4n) is 3.16. The number of aromatic nitrogens is 4. The molecule has 1 aromatic heterocycles. The van der Waals surface area contributed by atoms with E-state index in [-0.39, 0.29) is 0 Å². The maximum Gasteiger partial charge on any atom is 0.240 e. The monoisotopic (exact) mass is 193 g/mol. The van der Waals surface area contributed by atoms with Gasteiger partial charge in [0.25, 0.3) is 0 Å². The Balaban J connectivity index is 1.71. The summed E-state index contributed by atoms with van der Waals surface area (Å²) in [5, 5.41) is 11.2. The van der Waals surface area contributed by atoms with Gasteiger partial charge < -0.3 is 5.73 Å². The van der Waals surface area contributed by atoms with Crippen LogP contribution >= 0.6 is 0 Å². The third-order valence-corrected chi connectivity index (χ3v) is 3.85. The first-order chi connectivity index (χ1) is 6.83. The third-order valence-electron chi connectivity index (χ3n) is 3.85. The van der Waals surface area contributed by atoms with Gasteiger partial charge in [0.05, 0.1) is 0 Å². The molecule has 76 valence electrons. The van der Waals surface area contributed by atoms with Crippen molar-refractivity contribution in [1.29, 1.82) is 0 Å². The van der Waals surface area contributed by atoms with Crippen LogP contribution in [0.1, 0.15) is 25.7 Å². The van der Waals surface area contributed by atoms with E-state index in [0.717, 1.165) is 24.3 Å². The highest BCUT2D eigenvalue weighted by Crippen LogP contribution is 2.48. The van der Waals surface area contributed by atoms with Crippen LogP contribution in [0, 0.1) is 17.8 Å². The van der Waals surface area contributed by atoms with Crippen molar-refractivity contribution in [3.8, 4) is 0 Å². The second-order valence-corrected chi connectivity index (χ2v) is 4.65. The molecule has 3 atom stereocenters. The van der Waals surface area contributed by atoms with Crippen molar-refractivity contribution in [2.45, 2.75) is 32.2 Å². The van der Waals surface area contributed by atoms with E-state index in [2.05, 4.69) is 15.5 Å².